The van der Waals surface area contributed by atoms with Crippen LogP contribution in [0.25, 0.3) is 0 Å². The molecular weight excluding hydrogens is 356 g/mol. The van der Waals surface area contributed by atoms with Gasteiger partial charge in [0.25, 0.3) is 0 Å². The molecule has 2 saturated heterocycles. The van der Waals surface area contributed by atoms with Crippen molar-refractivity contribution in [3.8, 4) is 0 Å². The fourth-order valence-electron chi connectivity index (χ4n) is 4.09. The molecule has 2 aromatic rings. The van der Waals surface area contributed by atoms with E-state index >= 15 is 0 Å². The van der Waals surface area contributed by atoms with Crippen LogP contribution in [0.2, 0.25) is 0 Å². The standard InChI is InChI=1S/C21H30N4OS/c1-2-13-24(12-1)18-9-14-25(17-18)21(22-10-7-19-5-3-15-26-19)23-11-8-20-6-4-16-27-20/h3-6,15-16,18H,1-2,7-14,17H2,(H,22,23). The van der Waals surface area contributed by atoms with E-state index in [1.807, 2.05) is 23.5 Å². The van der Waals surface area contributed by atoms with Crippen molar-refractivity contribution in [3.05, 3.63) is 46.5 Å². The molecule has 2 aromatic heterocycles. The van der Waals surface area contributed by atoms with E-state index in [4.69, 9.17) is 9.41 Å². The molecule has 4 rings (SSSR count). The maximum Gasteiger partial charge on any atom is 0.194 e. The molecule has 27 heavy (non-hydrogen) atoms. The normalized spacial score (nSPS) is 21.3. The summed E-state index contributed by atoms with van der Waals surface area (Å²) in [5.41, 5.74) is 0. The number of aliphatic imine (C=N–C) groups is 1. The number of nitrogens with one attached hydrogen (secondary N) is 1. The quantitative estimate of drug-likeness (QED) is 0.586. The van der Waals surface area contributed by atoms with Crippen LogP contribution in [0.5, 0.6) is 0 Å². The summed E-state index contributed by atoms with van der Waals surface area (Å²) in [6.07, 6.45) is 7.63. The van der Waals surface area contributed by atoms with Crippen molar-refractivity contribution in [2.24, 2.45) is 4.99 Å². The molecule has 2 fully saturated rings. The highest BCUT2D eigenvalue weighted by molar-refractivity contribution is 7.09. The minimum atomic E-state index is 0.696. The summed E-state index contributed by atoms with van der Waals surface area (Å²) in [6, 6.07) is 9.00. The molecule has 6 heteroatoms. The summed E-state index contributed by atoms with van der Waals surface area (Å²) in [5, 5.41) is 5.73. The van der Waals surface area contributed by atoms with Gasteiger partial charge in [0.2, 0.25) is 0 Å². The number of hydrogen-bond donors (Lipinski definition) is 1. The van der Waals surface area contributed by atoms with E-state index in [1.165, 1.54) is 37.2 Å². The first-order valence-electron chi connectivity index (χ1n) is 10.2. The molecule has 0 aliphatic carbocycles. The topological polar surface area (TPSA) is 44.0 Å². The van der Waals surface area contributed by atoms with Gasteiger partial charge < -0.3 is 14.6 Å². The molecule has 2 aliphatic heterocycles. The number of thiophene rings is 1. The van der Waals surface area contributed by atoms with E-state index in [2.05, 4.69) is 32.6 Å². The molecule has 0 bridgehead atoms. The van der Waals surface area contributed by atoms with Crippen molar-refractivity contribution in [1.29, 1.82) is 0 Å². The zero-order valence-electron chi connectivity index (χ0n) is 16.0. The van der Waals surface area contributed by atoms with Crippen LogP contribution in [-0.2, 0) is 12.8 Å². The predicted octanol–water partition coefficient (Wildman–Crippen LogP) is 3.24. The van der Waals surface area contributed by atoms with E-state index in [1.54, 1.807) is 6.26 Å². The highest BCUT2D eigenvalue weighted by Gasteiger charge is 2.30. The molecule has 0 amide bonds. The Hall–Kier alpha value is -1.79. The molecule has 146 valence electrons. The molecule has 1 N–H and O–H groups in total. The molecule has 1 atom stereocenters. The SMILES string of the molecule is c1coc(CCNC(=NCCc2cccs2)N2CCC(N3CCCC3)C2)c1. The highest BCUT2D eigenvalue weighted by Crippen LogP contribution is 2.20. The smallest absolute Gasteiger partial charge is 0.194 e. The van der Waals surface area contributed by atoms with Gasteiger partial charge in [0.05, 0.1) is 6.26 Å². The van der Waals surface area contributed by atoms with Crippen molar-refractivity contribution >= 4 is 17.3 Å². The van der Waals surface area contributed by atoms with Gasteiger partial charge in [-0.3, -0.25) is 9.89 Å². The van der Waals surface area contributed by atoms with Gasteiger partial charge in [0, 0.05) is 49.9 Å². The monoisotopic (exact) mass is 386 g/mol. The second-order valence-electron chi connectivity index (χ2n) is 7.42. The first kappa shape index (κ1) is 18.6. The number of rotatable bonds is 7. The summed E-state index contributed by atoms with van der Waals surface area (Å²) < 4.78 is 5.46. The van der Waals surface area contributed by atoms with Gasteiger partial charge in [0.15, 0.2) is 5.96 Å². The summed E-state index contributed by atoms with van der Waals surface area (Å²) in [6.45, 7) is 6.45. The van der Waals surface area contributed by atoms with Gasteiger partial charge in [-0.2, -0.15) is 0 Å². The van der Waals surface area contributed by atoms with Gasteiger partial charge in [-0.25, -0.2) is 0 Å². The van der Waals surface area contributed by atoms with Gasteiger partial charge in [-0.15, -0.1) is 11.3 Å². The molecule has 0 aromatic carbocycles. The lowest BCUT2D eigenvalue weighted by molar-refractivity contribution is 0.249. The van der Waals surface area contributed by atoms with Crippen molar-refractivity contribution < 1.29 is 4.42 Å². The fourth-order valence-corrected chi connectivity index (χ4v) is 4.78. The lowest BCUT2D eigenvalue weighted by atomic mass is 10.2. The third kappa shape index (κ3) is 5.14. The van der Waals surface area contributed by atoms with Crippen molar-refractivity contribution in [2.75, 3.05) is 39.3 Å². The second kappa shape index (κ2) is 9.42. The Labute approximate surface area is 166 Å². The number of likely N-dealkylation sites (tertiary alicyclic amines) is 2. The Balaban J connectivity index is 1.34. The Bertz CT molecular complexity index is 692. The maximum atomic E-state index is 5.46. The molecule has 0 saturated carbocycles. The van der Waals surface area contributed by atoms with E-state index in [0.717, 1.165) is 50.7 Å². The molecule has 2 aliphatic rings. The average Bonchev–Trinajstić information content (AvgIpc) is 3.49. The third-order valence-corrected chi connectivity index (χ3v) is 6.49. The van der Waals surface area contributed by atoms with E-state index in [9.17, 15) is 0 Å². The molecule has 4 heterocycles. The first-order valence-corrected chi connectivity index (χ1v) is 11.1. The second-order valence-corrected chi connectivity index (χ2v) is 8.45. The van der Waals surface area contributed by atoms with Gasteiger partial charge in [-0.05, 0) is 55.9 Å². The number of furan rings is 1. The molecule has 0 radical (unpaired) electrons. The summed E-state index contributed by atoms with van der Waals surface area (Å²) in [4.78, 5) is 11.5. The Morgan fingerprint density at radius 3 is 2.89 bits per heavy atom. The van der Waals surface area contributed by atoms with Gasteiger partial charge in [-0.1, -0.05) is 6.07 Å². The number of nitrogens with zero attached hydrogens (tertiary/aromatic N) is 3. The minimum Gasteiger partial charge on any atom is -0.469 e. The Morgan fingerprint density at radius 2 is 2.11 bits per heavy atom. The van der Waals surface area contributed by atoms with Crippen molar-refractivity contribution in [3.63, 3.8) is 0 Å². The van der Waals surface area contributed by atoms with Crippen LogP contribution in [0.1, 0.15) is 29.9 Å². The third-order valence-electron chi connectivity index (χ3n) is 5.55. The van der Waals surface area contributed by atoms with Crippen LogP contribution in [0.3, 0.4) is 0 Å². The van der Waals surface area contributed by atoms with Crippen LogP contribution in [-0.4, -0.2) is 61.1 Å². The summed E-state index contributed by atoms with van der Waals surface area (Å²) in [7, 11) is 0. The van der Waals surface area contributed by atoms with Gasteiger partial charge in [0.1, 0.15) is 5.76 Å². The van der Waals surface area contributed by atoms with Crippen LogP contribution >= 0.6 is 11.3 Å². The molecular formula is C21H30N4OS. The highest BCUT2D eigenvalue weighted by atomic mass is 32.1. The van der Waals surface area contributed by atoms with E-state index < -0.39 is 0 Å². The molecule has 1 unspecified atom stereocenters. The first-order chi connectivity index (χ1) is 13.4. The van der Waals surface area contributed by atoms with E-state index in [0.29, 0.717) is 6.04 Å². The fraction of sp³-hybridized carbons (Fsp3) is 0.571. The van der Waals surface area contributed by atoms with Gasteiger partial charge >= 0.3 is 0 Å². The molecule has 0 spiro atoms. The minimum absolute atomic E-state index is 0.696. The lowest BCUT2D eigenvalue weighted by Crippen LogP contribution is -2.43. The summed E-state index contributed by atoms with van der Waals surface area (Å²) in [5.74, 6) is 2.09. The zero-order chi connectivity index (χ0) is 18.3. The van der Waals surface area contributed by atoms with Crippen molar-refractivity contribution in [2.45, 2.75) is 38.1 Å². The van der Waals surface area contributed by atoms with Crippen LogP contribution in [0.4, 0.5) is 0 Å². The lowest BCUT2D eigenvalue weighted by Gasteiger charge is -2.25. The predicted molar refractivity (Wildman–Crippen MR) is 112 cm³/mol. The maximum absolute atomic E-state index is 5.46. The number of hydrogen-bond acceptors (Lipinski definition) is 4. The van der Waals surface area contributed by atoms with Crippen LogP contribution < -0.4 is 5.32 Å². The average molecular weight is 387 g/mol. The largest absolute Gasteiger partial charge is 0.469 e. The molecule has 5 nitrogen and oxygen atoms in total. The van der Waals surface area contributed by atoms with Crippen LogP contribution in [0.15, 0.2) is 45.3 Å². The zero-order valence-corrected chi connectivity index (χ0v) is 16.8. The van der Waals surface area contributed by atoms with E-state index in [-0.39, 0.29) is 0 Å². The van der Waals surface area contributed by atoms with Crippen LogP contribution in [0, 0.1) is 0 Å². The Morgan fingerprint density at radius 1 is 1.19 bits per heavy atom. The summed E-state index contributed by atoms with van der Waals surface area (Å²) >= 11 is 1.82. The van der Waals surface area contributed by atoms with Crippen molar-refractivity contribution in [1.82, 2.24) is 15.1 Å². The number of guanidine groups is 1. The Kier molecular flexibility index (Phi) is 6.48.